The van der Waals surface area contributed by atoms with E-state index >= 15 is 0 Å². The number of nitrogens with zero attached hydrogens (tertiary/aromatic N) is 2. The van der Waals surface area contributed by atoms with Gasteiger partial charge in [-0.1, -0.05) is 0 Å². The molecule has 5 nitrogen and oxygen atoms in total. The van der Waals surface area contributed by atoms with Crippen molar-refractivity contribution in [3.05, 3.63) is 0 Å². The molecule has 0 bridgehead atoms. The average Bonchev–Trinajstić information content (AvgIpc) is 2.21. The molecule has 0 saturated carbocycles. The number of nitrogens with one attached hydrogen (secondary N) is 1. The highest BCUT2D eigenvalue weighted by molar-refractivity contribution is 5.75. The quantitative estimate of drug-likeness (QED) is 0.346. The van der Waals surface area contributed by atoms with E-state index in [9.17, 15) is 4.79 Å². The van der Waals surface area contributed by atoms with Gasteiger partial charge in [0.15, 0.2) is 0 Å². The highest BCUT2D eigenvalue weighted by Gasteiger charge is 2.10. The maximum atomic E-state index is 10.9. The van der Waals surface area contributed by atoms with Crippen molar-refractivity contribution in [1.29, 1.82) is 0 Å². The molecule has 1 atom stereocenters. The van der Waals surface area contributed by atoms with Gasteiger partial charge in [-0.2, -0.15) is 0 Å². The van der Waals surface area contributed by atoms with Gasteiger partial charge >= 0.3 is 0 Å². The van der Waals surface area contributed by atoms with Crippen molar-refractivity contribution < 1.29 is 4.79 Å². The molecule has 0 fully saturated rings. The van der Waals surface area contributed by atoms with Crippen molar-refractivity contribution >= 4 is 5.91 Å². The summed E-state index contributed by atoms with van der Waals surface area (Å²) in [4.78, 5) is 15.3. The van der Waals surface area contributed by atoms with Crippen LogP contribution in [0.25, 0.3) is 0 Å². The molecular weight excluding hydrogens is 192 g/mol. The summed E-state index contributed by atoms with van der Waals surface area (Å²) in [6, 6.07) is 0.405. The first-order valence-corrected chi connectivity index (χ1v) is 5.31. The Morgan fingerprint density at radius 1 is 1.33 bits per heavy atom. The molecule has 0 aromatic carbocycles. The lowest BCUT2D eigenvalue weighted by Crippen LogP contribution is -2.36. The second-order valence-corrected chi connectivity index (χ2v) is 4.24. The van der Waals surface area contributed by atoms with Crippen LogP contribution in [0.2, 0.25) is 0 Å². The number of hydrazine groups is 1. The first-order valence-electron chi connectivity index (χ1n) is 5.31. The Labute approximate surface area is 92.6 Å². The highest BCUT2D eigenvalue weighted by Crippen LogP contribution is 2.03. The molecule has 0 rings (SSSR count). The lowest BCUT2D eigenvalue weighted by atomic mass is 10.1. The summed E-state index contributed by atoms with van der Waals surface area (Å²) >= 11 is 0. The summed E-state index contributed by atoms with van der Waals surface area (Å²) in [5.74, 6) is 4.92. The van der Waals surface area contributed by atoms with Crippen molar-refractivity contribution in [3.63, 3.8) is 0 Å². The molecule has 0 aromatic heterocycles. The Hall–Kier alpha value is -0.650. The average molecular weight is 216 g/mol. The molecule has 1 amide bonds. The number of rotatable bonds is 7. The minimum atomic E-state index is -0.0946. The van der Waals surface area contributed by atoms with Crippen LogP contribution in [-0.4, -0.2) is 56.0 Å². The molecule has 0 aliphatic carbocycles. The van der Waals surface area contributed by atoms with Crippen molar-refractivity contribution in [3.8, 4) is 0 Å². The Morgan fingerprint density at radius 3 is 2.40 bits per heavy atom. The van der Waals surface area contributed by atoms with E-state index in [1.165, 1.54) is 0 Å². The molecule has 0 radical (unpaired) electrons. The van der Waals surface area contributed by atoms with E-state index in [2.05, 4.69) is 43.3 Å². The van der Waals surface area contributed by atoms with Gasteiger partial charge in [0.25, 0.3) is 0 Å². The van der Waals surface area contributed by atoms with E-state index in [0.717, 1.165) is 19.5 Å². The Morgan fingerprint density at radius 2 is 1.93 bits per heavy atom. The third-order valence-electron chi connectivity index (χ3n) is 2.60. The van der Waals surface area contributed by atoms with Gasteiger partial charge < -0.3 is 9.80 Å². The van der Waals surface area contributed by atoms with Crippen LogP contribution in [0.3, 0.4) is 0 Å². The molecular formula is C10H24N4O. The van der Waals surface area contributed by atoms with Crippen LogP contribution in [0.5, 0.6) is 0 Å². The molecule has 3 N–H and O–H groups in total. The largest absolute Gasteiger partial charge is 0.308 e. The highest BCUT2D eigenvalue weighted by atomic mass is 16.2. The number of nitrogens with two attached hydrogens (primary N) is 1. The zero-order valence-electron chi connectivity index (χ0n) is 10.3. The first kappa shape index (κ1) is 14.3. The lowest BCUT2D eigenvalue weighted by Gasteiger charge is -2.25. The fourth-order valence-electron chi connectivity index (χ4n) is 1.21. The van der Waals surface area contributed by atoms with Crippen LogP contribution in [0.1, 0.15) is 19.8 Å². The fraction of sp³-hybridized carbons (Fsp3) is 0.900. The summed E-state index contributed by atoms with van der Waals surface area (Å²) in [5, 5.41) is 0. The third kappa shape index (κ3) is 7.30. The van der Waals surface area contributed by atoms with Gasteiger partial charge in [0, 0.05) is 25.6 Å². The number of likely N-dealkylation sites (N-methyl/N-ethyl adjacent to an activating group) is 2. The number of carbonyl (C=O) groups is 1. The topological polar surface area (TPSA) is 61.6 Å². The molecule has 0 heterocycles. The summed E-state index contributed by atoms with van der Waals surface area (Å²) in [6.45, 7) is 4.17. The Balaban J connectivity index is 3.68. The standard InChI is InChI=1S/C10H24N4O/c1-9(5-6-10(15)12-11)14(4)8-7-13(2)3/h9H,5-8,11H2,1-4H3,(H,12,15). The van der Waals surface area contributed by atoms with Crippen molar-refractivity contribution in [2.75, 3.05) is 34.2 Å². The van der Waals surface area contributed by atoms with Gasteiger partial charge in [0.1, 0.15) is 0 Å². The summed E-state index contributed by atoms with van der Waals surface area (Å²) in [7, 11) is 6.19. The van der Waals surface area contributed by atoms with Gasteiger partial charge in [-0.05, 0) is 34.5 Å². The molecule has 0 aliphatic rings. The number of carbonyl (C=O) groups excluding carboxylic acids is 1. The molecule has 1 unspecified atom stereocenters. The maximum Gasteiger partial charge on any atom is 0.233 e. The van der Waals surface area contributed by atoms with Crippen LogP contribution in [0.15, 0.2) is 0 Å². The predicted octanol–water partition coefficient (Wildman–Crippen LogP) is -0.362. The zero-order chi connectivity index (χ0) is 11.8. The molecule has 0 saturated heterocycles. The van der Waals surface area contributed by atoms with Crippen molar-refractivity contribution in [1.82, 2.24) is 15.2 Å². The lowest BCUT2D eigenvalue weighted by molar-refractivity contribution is -0.121. The summed E-state index contributed by atoms with van der Waals surface area (Å²) < 4.78 is 0. The molecule has 5 heteroatoms. The van der Waals surface area contributed by atoms with E-state index < -0.39 is 0 Å². The van der Waals surface area contributed by atoms with Crippen LogP contribution in [0.4, 0.5) is 0 Å². The van der Waals surface area contributed by atoms with Crippen molar-refractivity contribution in [2.45, 2.75) is 25.8 Å². The SMILES string of the molecule is CC(CCC(=O)NN)N(C)CCN(C)C. The molecule has 0 spiro atoms. The maximum absolute atomic E-state index is 10.9. The van der Waals surface area contributed by atoms with E-state index in [-0.39, 0.29) is 5.91 Å². The Bertz CT molecular complexity index is 184. The number of hydrogen-bond acceptors (Lipinski definition) is 4. The molecule has 0 aromatic rings. The normalized spacial score (nSPS) is 13.3. The van der Waals surface area contributed by atoms with E-state index in [0.29, 0.717) is 12.5 Å². The smallest absolute Gasteiger partial charge is 0.233 e. The second-order valence-electron chi connectivity index (χ2n) is 4.24. The van der Waals surface area contributed by atoms with Gasteiger partial charge in [0.05, 0.1) is 0 Å². The van der Waals surface area contributed by atoms with E-state index in [1.807, 2.05) is 0 Å². The van der Waals surface area contributed by atoms with E-state index in [1.54, 1.807) is 0 Å². The fourth-order valence-corrected chi connectivity index (χ4v) is 1.21. The van der Waals surface area contributed by atoms with Crippen LogP contribution in [-0.2, 0) is 4.79 Å². The van der Waals surface area contributed by atoms with Crippen molar-refractivity contribution in [2.24, 2.45) is 5.84 Å². The predicted molar refractivity (Wildman–Crippen MR) is 62.2 cm³/mol. The number of amides is 1. The first-order chi connectivity index (χ1) is 6.97. The molecule has 15 heavy (non-hydrogen) atoms. The summed E-state index contributed by atoms with van der Waals surface area (Å²) in [5.41, 5.74) is 2.14. The van der Waals surface area contributed by atoms with Crippen LogP contribution in [0, 0.1) is 0 Å². The van der Waals surface area contributed by atoms with Gasteiger partial charge in [0.2, 0.25) is 5.91 Å². The Kier molecular flexibility index (Phi) is 7.29. The molecule has 90 valence electrons. The van der Waals surface area contributed by atoms with Crippen LogP contribution >= 0.6 is 0 Å². The molecule has 0 aliphatic heterocycles. The minimum Gasteiger partial charge on any atom is -0.308 e. The van der Waals surface area contributed by atoms with Gasteiger partial charge in [-0.15, -0.1) is 0 Å². The van der Waals surface area contributed by atoms with Gasteiger partial charge in [-0.25, -0.2) is 5.84 Å². The van der Waals surface area contributed by atoms with Crippen LogP contribution < -0.4 is 11.3 Å². The third-order valence-corrected chi connectivity index (χ3v) is 2.60. The monoisotopic (exact) mass is 216 g/mol. The van der Waals surface area contributed by atoms with Gasteiger partial charge in [-0.3, -0.25) is 10.2 Å². The zero-order valence-corrected chi connectivity index (χ0v) is 10.3. The summed E-state index contributed by atoms with van der Waals surface area (Å²) in [6.07, 6.45) is 1.33. The van der Waals surface area contributed by atoms with E-state index in [4.69, 9.17) is 5.84 Å². The second kappa shape index (κ2) is 7.62. The minimum absolute atomic E-state index is 0.0946. The number of hydrogen-bond donors (Lipinski definition) is 2.